The first-order valence-electron chi connectivity index (χ1n) is 10.7. The summed E-state index contributed by atoms with van der Waals surface area (Å²) in [6.07, 6.45) is 2.68. The number of benzene rings is 2. The Morgan fingerprint density at radius 3 is 2.50 bits per heavy atom. The lowest BCUT2D eigenvalue weighted by molar-refractivity contribution is -0.123. The number of amides is 2. The van der Waals surface area contributed by atoms with E-state index in [0.29, 0.717) is 24.5 Å². The third-order valence-corrected chi connectivity index (χ3v) is 7.81. The zero-order valence-corrected chi connectivity index (χ0v) is 19.1. The number of nitrogens with one attached hydrogen (secondary N) is 1. The van der Waals surface area contributed by atoms with E-state index >= 15 is 0 Å². The number of aryl methyl sites for hydroxylation is 2. The normalized spacial score (nSPS) is 16.9. The molecule has 2 aliphatic rings. The summed E-state index contributed by atoms with van der Waals surface area (Å²) < 4.78 is 33.1. The van der Waals surface area contributed by atoms with Crippen molar-refractivity contribution in [2.75, 3.05) is 36.5 Å². The third kappa shape index (κ3) is 4.49. The van der Waals surface area contributed by atoms with Crippen LogP contribution in [0.15, 0.2) is 41.3 Å². The molecular formula is C23H27N3O5S. The van der Waals surface area contributed by atoms with Gasteiger partial charge >= 0.3 is 0 Å². The molecule has 170 valence electrons. The Balaban J connectivity index is 1.58. The average molecular weight is 458 g/mol. The summed E-state index contributed by atoms with van der Waals surface area (Å²) in [5.74, 6) is -0.403. The molecule has 2 amide bonds. The van der Waals surface area contributed by atoms with Gasteiger partial charge in [-0.25, -0.2) is 8.42 Å². The number of fused-ring (bicyclic) bond motifs is 1. The molecule has 2 aromatic carbocycles. The Hall–Kier alpha value is -2.91. The monoisotopic (exact) mass is 457 g/mol. The van der Waals surface area contributed by atoms with Crippen LogP contribution >= 0.6 is 0 Å². The average Bonchev–Trinajstić information content (AvgIpc) is 2.78. The third-order valence-electron chi connectivity index (χ3n) is 5.92. The van der Waals surface area contributed by atoms with Gasteiger partial charge in [-0.2, -0.15) is 4.31 Å². The summed E-state index contributed by atoms with van der Waals surface area (Å²) in [6, 6.07) is 10.1. The molecule has 9 heteroatoms. The Morgan fingerprint density at radius 2 is 1.78 bits per heavy atom. The molecule has 0 aliphatic carbocycles. The molecule has 8 nitrogen and oxygen atoms in total. The van der Waals surface area contributed by atoms with E-state index < -0.39 is 15.9 Å². The van der Waals surface area contributed by atoms with E-state index in [9.17, 15) is 18.0 Å². The van der Waals surface area contributed by atoms with Gasteiger partial charge in [-0.1, -0.05) is 12.5 Å². The van der Waals surface area contributed by atoms with Crippen molar-refractivity contribution in [1.82, 2.24) is 4.31 Å². The number of hydrogen-bond donors (Lipinski definition) is 1. The first-order valence-corrected chi connectivity index (χ1v) is 12.1. The Kier molecular flexibility index (Phi) is 6.21. The maximum atomic E-state index is 13.1. The Bertz CT molecular complexity index is 1160. The molecule has 0 bridgehead atoms. The van der Waals surface area contributed by atoms with E-state index in [1.807, 2.05) is 26.0 Å². The summed E-state index contributed by atoms with van der Waals surface area (Å²) in [6.45, 7) is 4.46. The van der Waals surface area contributed by atoms with Gasteiger partial charge in [0.05, 0.1) is 10.6 Å². The van der Waals surface area contributed by atoms with Crippen molar-refractivity contribution in [3.05, 3.63) is 47.5 Å². The molecule has 1 saturated heterocycles. The number of hydrogen-bond acceptors (Lipinski definition) is 5. The molecule has 2 heterocycles. The van der Waals surface area contributed by atoms with Gasteiger partial charge in [0, 0.05) is 18.8 Å². The maximum Gasteiger partial charge on any atom is 0.265 e. The molecule has 0 atom stereocenters. The summed E-state index contributed by atoms with van der Waals surface area (Å²) in [7, 11) is -3.68. The van der Waals surface area contributed by atoms with E-state index in [-0.39, 0.29) is 29.6 Å². The van der Waals surface area contributed by atoms with Gasteiger partial charge in [-0.3, -0.25) is 14.5 Å². The molecule has 1 N–H and O–H groups in total. The second-order valence-electron chi connectivity index (χ2n) is 8.21. The van der Waals surface area contributed by atoms with Crippen molar-refractivity contribution in [3.8, 4) is 5.75 Å². The number of ether oxygens (including phenoxy) is 1. The van der Waals surface area contributed by atoms with E-state index in [1.54, 1.807) is 12.1 Å². The lowest BCUT2D eigenvalue weighted by atomic mass is 10.1. The van der Waals surface area contributed by atoms with Gasteiger partial charge < -0.3 is 10.1 Å². The van der Waals surface area contributed by atoms with Gasteiger partial charge in [0.15, 0.2) is 6.61 Å². The van der Waals surface area contributed by atoms with Gasteiger partial charge in [0.25, 0.3) is 5.91 Å². The fourth-order valence-corrected chi connectivity index (χ4v) is 5.47. The van der Waals surface area contributed by atoms with Crippen LogP contribution in [0.1, 0.15) is 30.4 Å². The molecular weight excluding hydrogens is 430 g/mol. The first kappa shape index (κ1) is 22.3. The lowest BCUT2D eigenvalue weighted by Gasteiger charge is -2.30. The van der Waals surface area contributed by atoms with E-state index in [0.717, 1.165) is 30.4 Å². The number of nitrogens with zero attached hydrogens (tertiary/aromatic N) is 2. The molecule has 2 aliphatic heterocycles. The van der Waals surface area contributed by atoms with Crippen LogP contribution in [0.3, 0.4) is 0 Å². The smallest absolute Gasteiger partial charge is 0.265 e. The minimum Gasteiger partial charge on any atom is -0.482 e. The summed E-state index contributed by atoms with van der Waals surface area (Å²) in [5.41, 5.74) is 3.08. The summed E-state index contributed by atoms with van der Waals surface area (Å²) in [4.78, 5) is 26.6. The number of sulfonamides is 1. The van der Waals surface area contributed by atoms with Crippen LogP contribution in [0, 0.1) is 13.8 Å². The largest absolute Gasteiger partial charge is 0.482 e. The van der Waals surface area contributed by atoms with E-state index in [2.05, 4.69) is 5.32 Å². The van der Waals surface area contributed by atoms with Crippen molar-refractivity contribution in [1.29, 1.82) is 0 Å². The Morgan fingerprint density at radius 1 is 1.03 bits per heavy atom. The quantitative estimate of drug-likeness (QED) is 0.745. The SMILES string of the molecule is Cc1ccc(NC(=O)CN2C(=O)COc3ccc(S(=O)(=O)N4CCCCC4)cc32)cc1C. The zero-order valence-electron chi connectivity index (χ0n) is 18.3. The summed E-state index contributed by atoms with van der Waals surface area (Å²) >= 11 is 0. The van der Waals surface area contributed by atoms with Gasteiger partial charge in [-0.05, 0) is 68.1 Å². The number of carbonyl (C=O) groups is 2. The molecule has 0 radical (unpaired) electrons. The Labute approximate surface area is 188 Å². The highest BCUT2D eigenvalue weighted by Crippen LogP contribution is 2.35. The van der Waals surface area contributed by atoms with Crippen molar-refractivity contribution in [2.24, 2.45) is 0 Å². The number of anilines is 2. The van der Waals surface area contributed by atoms with E-state index in [4.69, 9.17) is 4.74 Å². The molecule has 4 rings (SSSR count). The standard InChI is InChI=1S/C23H27N3O5S/c1-16-6-7-18(12-17(16)2)24-22(27)14-26-20-13-19(8-9-21(20)31-15-23(26)28)32(29,30)25-10-4-3-5-11-25/h6-9,12-13H,3-5,10-11,14-15H2,1-2H3,(H,24,27). The van der Waals surface area contributed by atoms with Crippen molar-refractivity contribution < 1.29 is 22.7 Å². The zero-order chi connectivity index (χ0) is 22.9. The molecule has 32 heavy (non-hydrogen) atoms. The second kappa shape index (κ2) is 8.91. The topological polar surface area (TPSA) is 96.0 Å². The lowest BCUT2D eigenvalue weighted by Crippen LogP contribution is -2.43. The van der Waals surface area contributed by atoms with Crippen LogP contribution in [0.4, 0.5) is 11.4 Å². The molecule has 0 spiro atoms. The number of piperidine rings is 1. The molecule has 0 unspecified atom stereocenters. The van der Waals surface area contributed by atoms with Crippen LogP contribution in [-0.2, 0) is 19.6 Å². The van der Waals surface area contributed by atoms with Crippen LogP contribution in [0.2, 0.25) is 0 Å². The van der Waals surface area contributed by atoms with Crippen LogP contribution in [0.25, 0.3) is 0 Å². The minimum absolute atomic E-state index is 0.0935. The van der Waals surface area contributed by atoms with Crippen molar-refractivity contribution in [2.45, 2.75) is 38.0 Å². The number of rotatable bonds is 5. The van der Waals surface area contributed by atoms with Crippen LogP contribution < -0.4 is 15.0 Å². The van der Waals surface area contributed by atoms with Crippen molar-refractivity contribution >= 4 is 33.2 Å². The highest BCUT2D eigenvalue weighted by molar-refractivity contribution is 7.89. The van der Waals surface area contributed by atoms with Crippen molar-refractivity contribution in [3.63, 3.8) is 0 Å². The molecule has 0 aromatic heterocycles. The highest BCUT2D eigenvalue weighted by Gasteiger charge is 2.31. The van der Waals surface area contributed by atoms with Gasteiger partial charge in [0.1, 0.15) is 12.3 Å². The summed E-state index contributed by atoms with van der Waals surface area (Å²) in [5, 5.41) is 2.81. The van der Waals surface area contributed by atoms with Gasteiger partial charge in [0.2, 0.25) is 15.9 Å². The fraction of sp³-hybridized carbons (Fsp3) is 0.391. The predicted molar refractivity (Wildman–Crippen MR) is 121 cm³/mol. The van der Waals surface area contributed by atoms with Gasteiger partial charge in [-0.15, -0.1) is 0 Å². The first-order chi connectivity index (χ1) is 15.3. The number of carbonyl (C=O) groups excluding carboxylic acids is 2. The second-order valence-corrected chi connectivity index (χ2v) is 10.1. The minimum atomic E-state index is -3.68. The highest BCUT2D eigenvalue weighted by atomic mass is 32.2. The molecule has 0 saturated carbocycles. The molecule has 1 fully saturated rings. The molecule has 2 aromatic rings. The van der Waals surface area contributed by atoms with Crippen LogP contribution in [-0.4, -0.2) is 50.8 Å². The fourth-order valence-electron chi connectivity index (χ4n) is 3.93. The predicted octanol–water partition coefficient (Wildman–Crippen LogP) is 2.84. The van der Waals surface area contributed by atoms with E-state index in [1.165, 1.54) is 21.3 Å². The maximum absolute atomic E-state index is 13.1. The van der Waals surface area contributed by atoms with Crippen LogP contribution in [0.5, 0.6) is 5.75 Å².